The lowest BCUT2D eigenvalue weighted by atomic mass is 10.2. The van der Waals surface area contributed by atoms with Gasteiger partial charge in [0.25, 0.3) is 0 Å². The standard InChI is InChI=1S/C21H27N7OS/c1-14-12-27(5-4-23-14)13-16-10-17-19(30-16)21(28-6-8-29-9-7-28)26-20(25-17)15-2-3-18(22)24-11-15/h2-3,10-11,14,23H,4-9,12-13H2,1H3,(H2,22,24)/t14-/m1/s1. The quantitative estimate of drug-likeness (QED) is 0.655. The van der Waals surface area contributed by atoms with Crippen LogP contribution in [0.1, 0.15) is 11.8 Å². The average Bonchev–Trinajstić information content (AvgIpc) is 3.16. The van der Waals surface area contributed by atoms with Gasteiger partial charge in [-0.25, -0.2) is 15.0 Å². The van der Waals surface area contributed by atoms with Crippen molar-refractivity contribution >= 4 is 33.2 Å². The van der Waals surface area contributed by atoms with E-state index in [1.54, 1.807) is 12.3 Å². The molecular formula is C21H27N7OS. The van der Waals surface area contributed by atoms with Gasteiger partial charge in [0.05, 0.1) is 23.4 Å². The number of piperazine rings is 1. The highest BCUT2D eigenvalue weighted by Gasteiger charge is 2.22. The second kappa shape index (κ2) is 8.43. The normalized spacial score (nSPS) is 20.7. The van der Waals surface area contributed by atoms with Crippen molar-refractivity contribution in [2.24, 2.45) is 0 Å². The van der Waals surface area contributed by atoms with Crippen LogP contribution in [0.5, 0.6) is 0 Å². The molecule has 30 heavy (non-hydrogen) atoms. The second-order valence-corrected chi connectivity index (χ2v) is 9.10. The minimum absolute atomic E-state index is 0.497. The summed E-state index contributed by atoms with van der Waals surface area (Å²) in [5.74, 6) is 2.19. The van der Waals surface area contributed by atoms with E-state index < -0.39 is 0 Å². The summed E-state index contributed by atoms with van der Waals surface area (Å²) in [5.41, 5.74) is 7.64. The number of nitrogens with one attached hydrogen (secondary N) is 1. The van der Waals surface area contributed by atoms with Crippen LogP contribution in [-0.4, -0.2) is 71.8 Å². The molecule has 5 rings (SSSR count). The van der Waals surface area contributed by atoms with E-state index in [2.05, 4.69) is 33.1 Å². The lowest BCUT2D eigenvalue weighted by Crippen LogP contribution is -2.48. The maximum atomic E-state index is 5.76. The van der Waals surface area contributed by atoms with Crippen LogP contribution in [0.4, 0.5) is 11.6 Å². The third-order valence-electron chi connectivity index (χ3n) is 5.59. The molecule has 2 aliphatic rings. The number of aromatic nitrogens is 3. The zero-order valence-electron chi connectivity index (χ0n) is 17.2. The molecule has 0 radical (unpaired) electrons. The van der Waals surface area contributed by atoms with E-state index in [1.807, 2.05) is 17.4 Å². The number of morpholine rings is 1. The molecule has 0 aliphatic carbocycles. The van der Waals surface area contributed by atoms with Crippen LogP contribution in [-0.2, 0) is 11.3 Å². The molecule has 0 bridgehead atoms. The number of nitrogens with zero attached hydrogens (tertiary/aromatic N) is 5. The van der Waals surface area contributed by atoms with E-state index in [4.69, 9.17) is 20.4 Å². The summed E-state index contributed by atoms with van der Waals surface area (Å²) in [7, 11) is 0. The minimum atomic E-state index is 0.497. The van der Waals surface area contributed by atoms with Crippen molar-refractivity contribution in [3.8, 4) is 11.4 Å². The molecule has 3 N–H and O–H groups in total. The Morgan fingerprint density at radius 3 is 2.87 bits per heavy atom. The third-order valence-corrected chi connectivity index (χ3v) is 6.70. The van der Waals surface area contributed by atoms with Gasteiger partial charge >= 0.3 is 0 Å². The first kappa shape index (κ1) is 19.6. The van der Waals surface area contributed by atoms with Crippen LogP contribution in [0, 0.1) is 0 Å². The van der Waals surface area contributed by atoms with Crippen LogP contribution in [0.3, 0.4) is 0 Å². The predicted octanol–water partition coefficient (Wildman–Crippen LogP) is 1.97. The number of thiophene rings is 1. The van der Waals surface area contributed by atoms with Gasteiger partial charge in [-0.3, -0.25) is 4.90 Å². The van der Waals surface area contributed by atoms with Crippen molar-refractivity contribution in [3.05, 3.63) is 29.3 Å². The van der Waals surface area contributed by atoms with Gasteiger partial charge in [-0.2, -0.15) is 0 Å². The van der Waals surface area contributed by atoms with Crippen LogP contribution in [0.15, 0.2) is 24.4 Å². The molecule has 1 atom stereocenters. The van der Waals surface area contributed by atoms with Gasteiger partial charge in [-0.15, -0.1) is 11.3 Å². The molecule has 2 aliphatic heterocycles. The van der Waals surface area contributed by atoms with E-state index >= 15 is 0 Å². The fourth-order valence-electron chi connectivity index (χ4n) is 4.07. The Kier molecular flexibility index (Phi) is 5.51. The zero-order valence-corrected chi connectivity index (χ0v) is 18.0. The molecule has 158 valence electrons. The van der Waals surface area contributed by atoms with Crippen LogP contribution in [0.2, 0.25) is 0 Å². The molecule has 3 aromatic heterocycles. The third kappa shape index (κ3) is 4.11. The maximum absolute atomic E-state index is 5.76. The first-order valence-electron chi connectivity index (χ1n) is 10.5. The molecular weight excluding hydrogens is 398 g/mol. The largest absolute Gasteiger partial charge is 0.384 e. The number of hydrogen-bond donors (Lipinski definition) is 2. The Morgan fingerprint density at radius 2 is 2.10 bits per heavy atom. The Morgan fingerprint density at radius 1 is 1.23 bits per heavy atom. The second-order valence-electron chi connectivity index (χ2n) is 7.96. The molecule has 5 heterocycles. The van der Waals surface area contributed by atoms with E-state index in [-0.39, 0.29) is 0 Å². The van der Waals surface area contributed by atoms with Crippen molar-refractivity contribution < 1.29 is 4.74 Å². The molecule has 0 spiro atoms. The number of fused-ring (bicyclic) bond motifs is 1. The van der Waals surface area contributed by atoms with Gasteiger partial charge in [-0.05, 0) is 25.1 Å². The highest BCUT2D eigenvalue weighted by molar-refractivity contribution is 7.19. The number of rotatable bonds is 4. The predicted molar refractivity (Wildman–Crippen MR) is 121 cm³/mol. The van der Waals surface area contributed by atoms with Gasteiger partial charge in [-0.1, -0.05) is 0 Å². The lowest BCUT2D eigenvalue weighted by molar-refractivity contribution is 0.122. The van der Waals surface area contributed by atoms with Gasteiger partial charge < -0.3 is 20.7 Å². The van der Waals surface area contributed by atoms with Crippen molar-refractivity contribution in [2.75, 3.05) is 56.6 Å². The van der Waals surface area contributed by atoms with Crippen LogP contribution < -0.4 is 16.0 Å². The minimum Gasteiger partial charge on any atom is -0.384 e. The van der Waals surface area contributed by atoms with Gasteiger partial charge in [0.1, 0.15) is 5.82 Å². The smallest absolute Gasteiger partial charge is 0.163 e. The summed E-state index contributed by atoms with van der Waals surface area (Å²) in [6.45, 7) is 9.51. The molecule has 0 saturated carbocycles. The van der Waals surface area contributed by atoms with Gasteiger partial charge in [0.15, 0.2) is 11.6 Å². The van der Waals surface area contributed by atoms with Gasteiger partial charge in [0.2, 0.25) is 0 Å². The van der Waals surface area contributed by atoms with E-state index in [0.717, 1.165) is 74.1 Å². The van der Waals surface area contributed by atoms with Crippen LogP contribution in [0.25, 0.3) is 21.6 Å². The van der Waals surface area contributed by atoms with Crippen molar-refractivity contribution in [1.29, 1.82) is 0 Å². The number of hydrogen-bond acceptors (Lipinski definition) is 9. The topological polar surface area (TPSA) is 92.4 Å². The summed E-state index contributed by atoms with van der Waals surface area (Å²) in [6, 6.07) is 6.48. The maximum Gasteiger partial charge on any atom is 0.163 e. The van der Waals surface area contributed by atoms with E-state index in [9.17, 15) is 0 Å². The molecule has 3 aromatic rings. The average molecular weight is 426 g/mol. The monoisotopic (exact) mass is 425 g/mol. The summed E-state index contributed by atoms with van der Waals surface area (Å²) < 4.78 is 6.71. The molecule has 2 saturated heterocycles. The highest BCUT2D eigenvalue weighted by Crippen LogP contribution is 2.35. The number of pyridine rings is 1. The number of nitrogen functional groups attached to an aromatic ring is 1. The lowest BCUT2D eigenvalue weighted by Gasteiger charge is -2.31. The Bertz CT molecular complexity index is 1020. The van der Waals surface area contributed by atoms with Crippen molar-refractivity contribution in [2.45, 2.75) is 19.5 Å². The Hall–Kier alpha value is -2.33. The van der Waals surface area contributed by atoms with Crippen LogP contribution >= 0.6 is 11.3 Å². The number of ether oxygens (including phenoxy) is 1. The first-order chi connectivity index (χ1) is 14.7. The number of anilines is 2. The molecule has 0 amide bonds. The SMILES string of the molecule is C[C@@H]1CN(Cc2cc3nc(-c4ccc(N)nc4)nc(N4CCOCC4)c3s2)CCN1. The van der Waals surface area contributed by atoms with Crippen molar-refractivity contribution in [1.82, 2.24) is 25.2 Å². The van der Waals surface area contributed by atoms with E-state index in [0.29, 0.717) is 17.7 Å². The molecule has 9 heteroatoms. The first-order valence-corrected chi connectivity index (χ1v) is 11.3. The molecule has 8 nitrogen and oxygen atoms in total. The molecule has 0 unspecified atom stereocenters. The summed E-state index contributed by atoms with van der Waals surface area (Å²) in [6.07, 6.45) is 1.75. The van der Waals surface area contributed by atoms with Crippen molar-refractivity contribution in [3.63, 3.8) is 0 Å². The van der Waals surface area contributed by atoms with Gasteiger partial charge in [0, 0.05) is 61.9 Å². The molecule has 0 aromatic carbocycles. The fourth-order valence-corrected chi connectivity index (χ4v) is 5.23. The number of nitrogens with two attached hydrogens (primary N) is 1. The summed E-state index contributed by atoms with van der Waals surface area (Å²) >= 11 is 1.81. The highest BCUT2D eigenvalue weighted by atomic mass is 32.1. The van der Waals surface area contributed by atoms with E-state index in [1.165, 1.54) is 4.88 Å². The Balaban J connectivity index is 1.53. The fraction of sp³-hybridized carbons (Fsp3) is 0.476. The molecule has 2 fully saturated rings. The zero-order chi connectivity index (χ0) is 20.5. The summed E-state index contributed by atoms with van der Waals surface area (Å²) in [5, 5.41) is 3.51. The summed E-state index contributed by atoms with van der Waals surface area (Å²) in [4.78, 5) is 20.2. The Labute approximate surface area is 180 Å².